The predicted octanol–water partition coefficient (Wildman–Crippen LogP) is 2.67. The second-order valence-corrected chi connectivity index (χ2v) is 4.44. The molecule has 0 bridgehead atoms. The Hall–Kier alpha value is -1.81. The molecule has 4 nitrogen and oxygen atoms in total. The van der Waals surface area contributed by atoms with E-state index in [1.54, 1.807) is 19.1 Å². The van der Waals surface area contributed by atoms with Gasteiger partial charge in [0.1, 0.15) is 5.75 Å². The van der Waals surface area contributed by atoms with Gasteiger partial charge in [0.05, 0.1) is 5.69 Å². The maximum atomic E-state index is 11.4. The van der Waals surface area contributed by atoms with E-state index in [1.165, 1.54) is 6.07 Å². The van der Waals surface area contributed by atoms with Crippen LogP contribution in [0.5, 0.6) is 5.75 Å². The summed E-state index contributed by atoms with van der Waals surface area (Å²) in [6, 6.07) is 4.81. The van der Waals surface area contributed by atoms with E-state index >= 15 is 0 Å². The first-order valence-electron chi connectivity index (χ1n) is 5.61. The van der Waals surface area contributed by atoms with Crippen molar-refractivity contribution >= 4 is 11.6 Å². The average molecular weight is 265 g/mol. The molecule has 1 aromatic carbocycles. The maximum absolute atomic E-state index is 11.4. The second kappa shape index (κ2) is 4.82. The van der Waals surface area contributed by atoms with Gasteiger partial charge in [0, 0.05) is 21.8 Å². The smallest absolute Gasteiger partial charge is 0.345 e. The highest BCUT2D eigenvalue weighted by atomic mass is 35.5. The molecule has 2 N–H and O–H groups in total. The lowest BCUT2D eigenvalue weighted by Crippen LogP contribution is -2.15. The highest BCUT2D eigenvalue weighted by molar-refractivity contribution is 6.31. The largest absolute Gasteiger partial charge is 0.507 e. The van der Waals surface area contributed by atoms with Crippen LogP contribution in [0.25, 0.3) is 11.1 Å². The fraction of sp³-hybridized carbons (Fsp3) is 0.231. The van der Waals surface area contributed by atoms with E-state index in [4.69, 9.17) is 11.6 Å². The number of benzene rings is 1. The Morgan fingerprint density at radius 2 is 2.17 bits per heavy atom. The zero-order chi connectivity index (χ0) is 13.3. The van der Waals surface area contributed by atoms with Crippen LogP contribution in [0.2, 0.25) is 5.02 Å². The first-order valence-corrected chi connectivity index (χ1v) is 5.99. The van der Waals surface area contributed by atoms with Crippen LogP contribution in [0.1, 0.15) is 18.3 Å². The van der Waals surface area contributed by atoms with Gasteiger partial charge < -0.3 is 10.1 Å². The SMILES string of the molecule is CCc1nc(=O)[nH]c(C)c1-c1cc(Cl)ccc1O. The van der Waals surface area contributed by atoms with Crippen LogP contribution in [-0.4, -0.2) is 15.1 Å². The molecule has 1 heterocycles. The number of nitrogens with zero attached hydrogens (tertiary/aromatic N) is 1. The standard InChI is InChI=1S/C13H13ClN2O2/c1-3-10-12(7(2)15-13(18)16-10)9-6-8(14)4-5-11(9)17/h4-6,17H,3H2,1-2H3,(H,15,16,18). The van der Waals surface area contributed by atoms with Gasteiger partial charge in [-0.3, -0.25) is 0 Å². The van der Waals surface area contributed by atoms with Crippen molar-refractivity contribution in [3.63, 3.8) is 0 Å². The molecule has 94 valence electrons. The summed E-state index contributed by atoms with van der Waals surface area (Å²) >= 11 is 5.94. The summed E-state index contributed by atoms with van der Waals surface area (Å²) in [6.45, 7) is 3.68. The number of phenols is 1. The number of aromatic hydroxyl groups is 1. The Bertz CT molecular complexity index is 650. The lowest BCUT2D eigenvalue weighted by Gasteiger charge is -2.12. The van der Waals surface area contributed by atoms with Gasteiger partial charge in [-0.25, -0.2) is 4.79 Å². The molecule has 0 radical (unpaired) electrons. The fourth-order valence-electron chi connectivity index (χ4n) is 1.97. The first kappa shape index (κ1) is 12.6. The zero-order valence-electron chi connectivity index (χ0n) is 10.1. The third kappa shape index (κ3) is 2.24. The molecular weight excluding hydrogens is 252 g/mol. The second-order valence-electron chi connectivity index (χ2n) is 4.00. The number of aromatic amines is 1. The monoisotopic (exact) mass is 264 g/mol. The molecule has 2 aromatic rings. The average Bonchev–Trinajstić information content (AvgIpc) is 2.32. The van der Waals surface area contributed by atoms with Crippen molar-refractivity contribution in [3.8, 4) is 16.9 Å². The Kier molecular flexibility index (Phi) is 3.39. The Balaban J connectivity index is 2.78. The van der Waals surface area contributed by atoms with Gasteiger partial charge in [0.25, 0.3) is 0 Å². The highest BCUT2D eigenvalue weighted by Gasteiger charge is 2.14. The van der Waals surface area contributed by atoms with Gasteiger partial charge in [-0.05, 0) is 31.5 Å². The molecule has 0 atom stereocenters. The summed E-state index contributed by atoms with van der Waals surface area (Å²) in [6.07, 6.45) is 0.603. The predicted molar refractivity (Wildman–Crippen MR) is 71.1 cm³/mol. The molecule has 0 unspecified atom stereocenters. The van der Waals surface area contributed by atoms with Gasteiger partial charge in [-0.1, -0.05) is 18.5 Å². The number of aryl methyl sites for hydroxylation is 2. The molecule has 0 amide bonds. The van der Waals surface area contributed by atoms with Gasteiger partial charge in [-0.15, -0.1) is 0 Å². The lowest BCUT2D eigenvalue weighted by molar-refractivity contribution is 0.477. The van der Waals surface area contributed by atoms with Crippen LogP contribution in [0, 0.1) is 6.92 Å². The maximum Gasteiger partial charge on any atom is 0.345 e. The molecule has 0 saturated heterocycles. The van der Waals surface area contributed by atoms with Crippen LogP contribution < -0.4 is 5.69 Å². The van der Waals surface area contributed by atoms with Gasteiger partial charge in [-0.2, -0.15) is 4.98 Å². The van der Waals surface area contributed by atoms with Crippen LogP contribution in [0.3, 0.4) is 0 Å². The van der Waals surface area contributed by atoms with Gasteiger partial charge >= 0.3 is 5.69 Å². The van der Waals surface area contributed by atoms with E-state index in [0.717, 1.165) is 5.56 Å². The summed E-state index contributed by atoms with van der Waals surface area (Å²) in [5, 5.41) is 10.4. The molecule has 0 aliphatic carbocycles. The van der Waals surface area contributed by atoms with Crippen molar-refractivity contribution in [3.05, 3.63) is 45.1 Å². The molecule has 2 rings (SSSR count). The quantitative estimate of drug-likeness (QED) is 0.876. The van der Waals surface area contributed by atoms with Crippen molar-refractivity contribution < 1.29 is 5.11 Å². The Morgan fingerprint density at radius 1 is 1.44 bits per heavy atom. The summed E-state index contributed by atoms with van der Waals surface area (Å²) in [7, 11) is 0. The Labute approximate surface area is 109 Å². The van der Waals surface area contributed by atoms with Crippen molar-refractivity contribution in [1.29, 1.82) is 0 Å². The number of hydrogen-bond donors (Lipinski definition) is 2. The number of halogens is 1. The molecule has 0 aliphatic rings. The summed E-state index contributed by atoms with van der Waals surface area (Å²) in [5.41, 5.74) is 2.26. The van der Waals surface area contributed by atoms with Gasteiger partial charge in [0.15, 0.2) is 0 Å². The number of rotatable bonds is 2. The number of aromatic nitrogens is 2. The van der Waals surface area contributed by atoms with Crippen LogP contribution in [-0.2, 0) is 6.42 Å². The minimum Gasteiger partial charge on any atom is -0.507 e. The van der Waals surface area contributed by atoms with Crippen molar-refractivity contribution in [1.82, 2.24) is 9.97 Å². The third-order valence-corrected chi connectivity index (χ3v) is 2.99. The first-order chi connectivity index (χ1) is 8.52. The van der Waals surface area contributed by atoms with Crippen LogP contribution in [0.15, 0.2) is 23.0 Å². The molecule has 18 heavy (non-hydrogen) atoms. The molecular formula is C13H13ClN2O2. The number of hydrogen-bond acceptors (Lipinski definition) is 3. The highest BCUT2D eigenvalue weighted by Crippen LogP contribution is 2.34. The summed E-state index contributed by atoms with van der Waals surface area (Å²) in [5.74, 6) is 0.117. The summed E-state index contributed by atoms with van der Waals surface area (Å²) < 4.78 is 0. The number of H-pyrrole nitrogens is 1. The molecule has 0 saturated carbocycles. The van der Waals surface area contributed by atoms with E-state index in [1.807, 2.05) is 6.92 Å². The number of nitrogens with one attached hydrogen (secondary N) is 1. The number of phenolic OH excluding ortho intramolecular Hbond substituents is 1. The van der Waals surface area contributed by atoms with Crippen molar-refractivity contribution in [2.75, 3.05) is 0 Å². The van der Waals surface area contributed by atoms with Crippen molar-refractivity contribution in [2.24, 2.45) is 0 Å². The Morgan fingerprint density at radius 3 is 2.83 bits per heavy atom. The molecule has 5 heteroatoms. The topological polar surface area (TPSA) is 66.0 Å². The van der Waals surface area contributed by atoms with E-state index in [0.29, 0.717) is 28.4 Å². The third-order valence-electron chi connectivity index (χ3n) is 2.76. The van der Waals surface area contributed by atoms with Crippen LogP contribution >= 0.6 is 11.6 Å². The van der Waals surface area contributed by atoms with E-state index in [9.17, 15) is 9.90 Å². The van der Waals surface area contributed by atoms with Gasteiger partial charge in [0.2, 0.25) is 0 Å². The molecule has 0 aliphatic heterocycles. The fourth-order valence-corrected chi connectivity index (χ4v) is 2.14. The minimum atomic E-state index is -0.380. The van der Waals surface area contributed by atoms with Crippen molar-refractivity contribution in [2.45, 2.75) is 20.3 Å². The molecule has 1 aromatic heterocycles. The van der Waals surface area contributed by atoms with E-state index in [2.05, 4.69) is 9.97 Å². The molecule has 0 spiro atoms. The zero-order valence-corrected chi connectivity index (χ0v) is 10.9. The summed E-state index contributed by atoms with van der Waals surface area (Å²) in [4.78, 5) is 17.9. The normalized spacial score (nSPS) is 10.6. The molecule has 0 fully saturated rings. The lowest BCUT2D eigenvalue weighted by atomic mass is 10.00. The van der Waals surface area contributed by atoms with E-state index in [-0.39, 0.29) is 11.4 Å². The minimum absolute atomic E-state index is 0.117. The van der Waals surface area contributed by atoms with Crippen LogP contribution in [0.4, 0.5) is 0 Å². The van der Waals surface area contributed by atoms with E-state index < -0.39 is 0 Å².